The van der Waals surface area contributed by atoms with E-state index in [0.717, 1.165) is 5.69 Å². The highest BCUT2D eigenvalue weighted by molar-refractivity contribution is 5.89. The molecular weight excluding hydrogens is 384 g/mol. The van der Waals surface area contributed by atoms with Gasteiger partial charge in [0.05, 0.1) is 0 Å². The Morgan fingerprint density at radius 2 is 1.77 bits per heavy atom. The average molecular weight is 419 g/mol. The van der Waals surface area contributed by atoms with Crippen LogP contribution in [0.15, 0.2) is 23.0 Å². The number of nitrogens with one attached hydrogen (secondary N) is 1. The molecule has 3 rings (SSSR count). The van der Waals surface area contributed by atoms with Gasteiger partial charge in [0.2, 0.25) is 0 Å². The fourth-order valence-electron chi connectivity index (χ4n) is 4.20. The number of ether oxygens (including phenoxy) is 2. The molecule has 30 heavy (non-hydrogen) atoms. The predicted octanol–water partition coefficient (Wildman–Crippen LogP) is 2.76. The number of carbonyl (C=O) groups excluding carboxylic acids is 2. The lowest BCUT2D eigenvalue weighted by molar-refractivity contribution is -0.186. The molecule has 0 aromatic carbocycles. The van der Waals surface area contributed by atoms with Crippen molar-refractivity contribution >= 4 is 11.9 Å². The van der Waals surface area contributed by atoms with Crippen LogP contribution < -0.4 is 10.9 Å². The Hall–Kier alpha value is -2.15. The standard InChI is InChI=1S/C23H34N2O5/c1-7-21(3,4)29-19(27)18-23(20(28)30-22(5,6)8-2)12-15(13-24-18)16-10-9-11-17(26)25(16)14-23/h9-11,15,18,24H,7-8,12-14H2,1-6H3/t15-,18?,23+/m1/s1. The number of aromatic nitrogens is 1. The van der Waals surface area contributed by atoms with E-state index in [-0.39, 0.29) is 18.0 Å². The first-order valence-electron chi connectivity index (χ1n) is 10.8. The van der Waals surface area contributed by atoms with E-state index < -0.39 is 34.6 Å². The van der Waals surface area contributed by atoms with E-state index in [1.807, 2.05) is 47.6 Å². The zero-order valence-electron chi connectivity index (χ0n) is 18.9. The lowest BCUT2D eigenvalue weighted by Gasteiger charge is -2.49. The van der Waals surface area contributed by atoms with Crippen LogP contribution in [0.4, 0.5) is 0 Å². The smallest absolute Gasteiger partial charge is 0.324 e. The van der Waals surface area contributed by atoms with E-state index in [1.165, 1.54) is 6.07 Å². The van der Waals surface area contributed by atoms with Crippen molar-refractivity contribution in [1.82, 2.24) is 9.88 Å². The Bertz CT molecular complexity index is 888. The number of piperidine rings is 1. The van der Waals surface area contributed by atoms with Crippen molar-refractivity contribution in [2.45, 2.75) is 90.5 Å². The van der Waals surface area contributed by atoms with Crippen LogP contribution in [0.5, 0.6) is 0 Å². The Morgan fingerprint density at radius 3 is 2.40 bits per heavy atom. The van der Waals surface area contributed by atoms with E-state index in [2.05, 4.69) is 5.32 Å². The molecule has 0 aliphatic carbocycles. The molecule has 2 aliphatic rings. The Morgan fingerprint density at radius 1 is 1.13 bits per heavy atom. The molecule has 2 aliphatic heterocycles. The molecule has 7 nitrogen and oxygen atoms in total. The molecule has 1 unspecified atom stereocenters. The van der Waals surface area contributed by atoms with Gasteiger partial charge in [0.15, 0.2) is 0 Å². The number of pyridine rings is 1. The minimum Gasteiger partial charge on any atom is -0.459 e. The van der Waals surface area contributed by atoms with E-state index in [1.54, 1.807) is 10.6 Å². The molecule has 1 fully saturated rings. The van der Waals surface area contributed by atoms with Crippen LogP contribution in [0, 0.1) is 5.41 Å². The first kappa shape index (κ1) is 22.5. The average Bonchev–Trinajstić information content (AvgIpc) is 2.68. The summed E-state index contributed by atoms with van der Waals surface area (Å²) in [7, 11) is 0. The SMILES string of the molecule is CCC(C)(C)OC(=O)C1NC[C@H]2C[C@]1(C(=O)OC(C)(C)CC)Cn1c2cccc1=O. The van der Waals surface area contributed by atoms with Crippen LogP contribution in [-0.2, 0) is 25.6 Å². The van der Waals surface area contributed by atoms with Crippen LogP contribution in [0.1, 0.15) is 72.4 Å². The Kier molecular flexibility index (Phi) is 5.89. The molecule has 1 saturated heterocycles. The summed E-state index contributed by atoms with van der Waals surface area (Å²) < 4.78 is 13.3. The monoisotopic (exact) mass is 418 g/mol. The third kappa shape index (κ3) is 4.04. The second-order valence-corrected chi connectivity index (χ2v) is 9.81. The van der Waals surface area contributed by atoms with Gasteiger partial charge in [0.1, 0.15) is 22.7 Å². The number of fused-ring (bicyclic) bond motifs is 4. The lowest BCUT2D eigenvalue weighted by atomic mass is 9.67. The third-order valence-corrected chi connectivity index (χ3v) is 6.76. The van der Waals surface area contributed by atoms with Crippen molar-refractivity contribution in [1.29, 1.82) is 0 Å². The summed E-state index contributed by atoms with van der Waals surface area (Å²) >= 11 is 0. The minimum atomic E-state index is -1.20. The van der Waals surface area contributed by atoms with Gasteiger partial charge in [-0.2, -0.15) is 0 Å². The van der Waals surface area contributed by atoms with Crippen LogP contribution in [0.2, 0.25) is 0 Å². The summed E-state index contributed by atoms with van der Waals surface area (Å²) in [6.45, 7) is 11.9. The van der Waals surface area contributed by atoms with Gasteiger partial charge < -0.3 is 19.4 Å². The van der Waals surface area contributed by atoms with Crippen molar-refractivity contribution in [3.63, 3.8) is 0 Å². The second-order valence-electron chi connectivity index (χ2n) is 9.81. The van der Waals surface area contributed by atoms with Gasteiger partial charge in [-0.15, -0.1) is 0 Å². The molecule has 1 aromatic rings. The third-order valence-electron chi connectivity index (χ3n) is 6.76. The van der Waals surface area contributed by atoms with Crippen LogP contribution >= 0.6 is 0 Å². The van der Waals surface area contributed by atoms with Crippen LogP contribution in [-0.4, -0.2) is 40.3 Å². The van der Waals surface area contributed by atoms with E-state index in [9.17, 15) is 14.4 Å². The van der Waals surface area contributed by atoms with Gasteiger partial charge >= 0.3 is 11.9 Å². The van der Waals surface area contributed by atoms with Gasteiger partial charge in [0.25, 0.3) is 5.56 Å². The topological polar surface area (TPSA) is 86.6 Å². The normalized spacial score (nSPS) is 25.9. The zero-order chi connectivity index (χ0) is 22.3. The molecule has 0 saturated carbocycles. The number of nitrogens with zero attached hydrogens (tertiary/aromatic N) is 1. The van der Waals surface area contributed by atoms with E-state index >= 15 is 0 Å². The molecule has 1 N–H and O–H groups in total. The fourth-order valence-corrected chi connectivity index (χ4v) is 4.20. The van der Waals surface area contributed by atoms with Gasteiger partial charge in [-0.1, -0.05) is 19.9 Å². The summed E-state index contributed by atoms with van der Waals surface area (Å²) in [4.78, 5) is 39.5. The van der Waals surface area contributed by atoms with Crippen molar-refractivity contribution < 1.29 is 19.1 Å². The van der Waals surface area contributed by atoms with E-state index in [0.29, 0.717) is 25.8 Å². The highest BCUT2D eigenvalue weighted by Crippen LogP contribution is 2.46. The van der Waals surface area contributed by atoms with Gasteiger partial charge in [-0.05, 0) is 53.0 Å². The molecule has 3 heterocycles. The Balaban J connectivity index is 2.06. The van der Waals surface area contributed by atoms with Crippen molar-refractivity contribution in [3.05, 3.63) is 34.2 Å². The minimum absolute atomic E-state index is 0.0619. The highest BCUT2D eigenvalue weighted by Gasteiger charge is 2.58. The Labute approximate surface area is 178 Å². The van der Waals surface area contributed by atoms with Crippen molar-refractivity contribution in [2.24, 2.45) is 5.41 Å². The number of carbonyl (C=O) groups is 2. The summed E-state index contributed by atoms with van der Waals surface area (Å²) in [5.74, 6) is -0.989. The first-order chi connectivity index (χ1) is 13.9. The van der Waals surface area contributed by atoms with Crippen LogP contribution in [0.25, 0.3) is 0 Å². The van der Waals surface area contributed by atoms with Gasteiger partial charge in [0, 0.05) is 30.8 Å². The number of hydrogen-bond acceptors (Lipinski definition) is 6. The molecule has 166 valence electrons. The fraction of sp³-hybridized carbons (Fsp3) is 0.696. The van der Waals surface area contributed by atoms with Gasteiger partial charge in [-0.3, -0.25) is 14.4 Å². The molecule has 2 bridgehead atoms. The molecule has 3 atom stereocenters. The summed E-state index contributed by atoms with van der Waals surface area (Å²) in [6.07, 6.45) is 1.73. The highest BCUT2D eigenvalue weighted by atomic mass is 16.6. The molecule has 1 aromatic heterocycles. The maximum Gasteiger partial charge on any atom is 0.324 e. The van der Waals surface area contributed by atoms with E-state index in [4.69, 9.17) is 9.47 Å². The largest absolute Gasteiger partial charge is 0.459 e. The van der Waals surface area contributed by atoms with Gasteiger partial charge in [-0.25, -0.2) is 0 Å². The summed E-state index contributed by atoms with van der Waals surface area (Å²) in [6, 6.07) is 4.27. The maximum atomic E-state index is 13.6. The summed E-state index contributed by atoms with van der Waals surface area (Å²) in [5, 5.41) is 3.26. The molecule has 7 heteroatoms. The molecule has 0 radical (unpaired) electrons. The van der Waals surface area contributed by atoms with Crippen LogP contribution in [0.3, 0.4) is 0 Å². The maximum absolute atomic E-state index is 13.6. The first-order valence-corrected chi connectivity index (χ1v) is 10.8. The molecule has 0 spiro atoms. The second kappa shape index (κ2) is 7.84. The predicted molar refractivity (Wildman–Crippen MR) is 113 cm³/mol. The molecular formula is C23H34N2O5. The number of hydrogen-bond donors (Lipinski definition) is 1. The number of rotatable bonds is 6. The zero-order valence-corrected chi connectivity index (χ0v) is 18.9. The number of esters is 2. The van der Waals surface area contributed by atoms with Crippen molar-refractivity contribution in [2.75, 3.05) is 6.54 Å². The quantitative estimate of drug-likeness (QED) is 0.715. The molecule has 0 amide bonds. The summed E-state index contributed by atoms with van der Waals surface area (Å²) in [5.41, 5.74) is -1.81. The van der Waals surface area contributed by atoms with Crippen molar-refractivity contribution in [3.8, 4) is 0 Å². The lowest BCUT2D eigenvalue weighted by Crippen LogP contribution is -2.66.